The Morgan fingerprint density at radius 1 is 0.946 bits per heavy atom. The van der Waals surface area contributed by atoms with E-state index >= 15 is 0 Å². The molecule has 1 saturated carbocycles. The van der Waals surface area contributed by atoms with Gasteiger partial charge in [-0.05, 0) is 31.1 Å². The molecule has 0 aromatic carbocycles. The lowest BCUT2D eigenvalue weighted by Gasteiger charge is -2.30. The molecule has 0 spiro atoms. The van der Waals surface area contributed by atoms with Gasteiger partial charge in [-0.15, -0.1) is 0 Å². The Balaban J connectivity index is 2.95. The molecule has 0 bridgehead atoms. The van der Waals surface area contributed by atoms with Crippen LogP contribution in [0.2, 0.25) is 0 Å². The standard InChI is InChI=1S/C24H46N8O5/c1-3-14(2)19(32-21(35)16(25)10-7-11-29-24(27)28)23(37)30-17(12-15-8-5-4-6-9-15)22(36)31-18(13-33)20(26)34/h14-19,33H,3-13,25H2,1-2H3,(H2,26,34)(H,30,37)(H,31,36)(H,32,35)(H4,27,28,29)/t14-,16-,17-,18-,19-/m0/s1. The van der Waals surface area contributed by atoms with Crippen molar-refractivity contribution in [2.75, 3.05) is 13.2 Å². The van der Waals surface area contributed by atoms with Gasteiger partial charge >= 0.3 is 0 Å². The number of hydrogen-bond donors (Lipinski definition) is 8. The summed E-state index contributed by atoms with van der Waals surface area (Å²) < 4.78 is 0. The Morgan fingerprint density at radius 2 is 1.57 bits per heavy atom. The molecule has 0 aromatic rings. The van der Waals surface area contributed by atoms with Crippen LogP contribution in [0.15, 0.2) is 4.99 Å². The highest BCUT2D eigenvalue weighted by Crippen LogP contribution is 2.27. The molecule has 5 atom stereocenters. The average molecular weight is 527 g/mol. The van der Waals surface area contributed by atoms with Crippen LogP contribution in [-0.2, 0) is 19.2 Å². The summed E-state index contributed by atoms with van der Waals surface area (Å²) in [4.78, 5) is 54.5. The van der Waals surface area contributed by atoms with Crippen molar-refractivity contribution in [3.63, 3.8) is 0 Å². The van der Waals surface area contributed by atoms with E-state index in [1.54, 1.807) is 0 Å². The molecule has 1 aliphatic rings. The first-order valence-corrected chi connectivity index (χ1v) is 13.1. The first kappa shape index (κ1) is 32.1. The van der Waals surface area contributed by atoms with Gasteiger partial charge in [0.25, 0.3) is 0 Å². The SMILES string of the molecule is CC[C@H](C)[C@H](NC(=O)[C@@H](N)CCCN=C(N)N)C(=O)N[C@@H](CC1CCCCC1)C(=O)N[C@@H](CO)C(N)=O. The third-order valence-corrected chi connectivity index (χ3v) is 6.87. The predicted molar refractivity (Wildman–Crippen MR) is 141 cm³/mol. The minimum Gasteiger partial charge on any atom is -0.394 e. The fraction of sp³-hybridized carbons (Fsp3) is 0.792. The van der Waals surface area contributed by atoms with E-state index < -0.39 is 54.4 Å². The summed E-state index contributed by atoms with van der Waals surface area (Å²) in [6.07, 6.45) is 6.84. The third-order valence-electron chi connectivity index (χ3n) is 6.87. The van der Waals surface area contributed by atoms with E-state index in [4.69, 9.17) is 22.9 Å². The molecule has 1 rings (SSSR count). The monoisotopic (exact) mass is 526 g/mol. The Labute approximate surface area is 218 Å². The Morgan fingerprint density at radius 3 is 2.11 bits per heavy atom. The summed E-state index contributed by atoms with van der Waals surface area (Å²) in [5.74, 6) is -2.56. The van der Waals surface area contributed by atoms with Crippen LogP contribution in [-0.4, -0.2) is 72.0 Å². The quantitative estimate of drug-likeness (QED) is 0.0654. The molecule has 0 saturated heterocycles. The average Bonchev–Trinajstić information content (AvgIpc) is 2.87. The van der Waals surface area contributed by atoms with Crippen molar-refractivity contribution < 1.29 is 24.3 Å². The molecular weight excluding hydrogens is 480 g/mol. The van der Waals surface area contributed by atoms with Crippen LogP contribution in [0.3, 0.4) is 0 Å². The minimum absolute atomic E-state index is 0.0421. The number of rotatable bonds is 16. The maximum atomic E-state index is 13.3. The number of carbonyl (C=O) groups is 4. The molecular formula is C24H46N8O5. The molecule has 1 aliphatic carbocycles. The van der Waals surface area contributed by atoms with Crippen LogP contribution in [0.5, 0.6) is 0 Å². The van der Waals surface area contributed by atoms with E-state index in [0.29, 0.717) is 32.2 Å². The molecule has 0 aromatic heterocycles. The number of nitrogens with zero attached hydrogens (tertiary/aromatic N) is 1. The zero-order valence-electron chi connectivity index (χ0n) is 22.1. The van der Waals surface area contributed by atoms with Crippen molar-refractivity contribution in [3.05, 3.63) is 0 Å². The van der Waals surface area contributed by atoms with Crippen LogP contribution in [0, 0.1) is 11.8 Å². The Hall–Kier alpha value is -2.93. The number of aliphatic imine (C=N–C) groups is 1. The molecule has 13 nitrogen and oxygen atoms in total. The highest BCUT2D eigenvalue weighted by atomic mass is 16.3. The summed E-state index contributed by atoms with van der Waals surface area (Å²) in [6, 6.07) is -4.01. The molecule has 0 unspecified atom stereocenters. The van der Waals surface area contributed by atoms with Gasteiger partial charge in [-0.2, -0.15) is 0 Å². The van der Waals surface area contributed by atoms with E-state index in [2.05, 4.69) is 20.9 Å². The van der Waals surface area contributed by atoms with Gasteiger partial charge in [0.15, 0.2) is 5.96 Å². The number of hydrogen-bond acceptors (Lipinski definition) is 7. The largest absolute Gasteiger partial charge is 0.394 e. The predicted octanol–water partition coefficient (Wildman–Crippen LogP) is -1.68. The molecule has 4 amide bonds. The number of nitrogens with two attached hydrogens (primary N) is 4. The Kier molecular flexibility index (Phi) is 14.5. The smallest absolute Gasteiger partial charge is 0.243 e. The second-order valence-corrected chi connectivity index (χ2v) is 9.87. The maximum Gasteiger partial charge on any atom is 0.243 e. The molecule has 0 aliphatic heterocycles. The number of aliphatic hydroxyl groups excluding tert-OH is 1. The van der Waals surface area contributed by atoms with E-state index in [-0.39, 0.29) is 17.8 Å². The second-order valence-electron chi connectivity index (χ2n) is 9.87. The Bertz CT molecular complexity index is 783. The molecule has 13 heteroatoms. The summed E-state index contributed by atoms with van der Waals surface area (Å²) >= 11 is 0. The van der Waals surface area contributed by atoms with Crippen LogP contribution in [0.4, 0.5) is 0 Å². The lowest BCUT2D eigenvalue weighted by atomic mass is 9.84. The molecule has 12 N–H and O–H groups in total. The van der Waals surface area contributed by atoms with Gasteiger partial charge in [0, 0.05) is 6.54 Å². The normalized spacial score (nSPS) is 17.9. The fourth-order valence-corrected chi connectivity index (χ4v) is 4.34. The van der Waals surface area contributed by atoms with E-state index in [1.807, 2.05) is 13.8 Å². The molecule has 0 radical (unpaired) electrons. The molecule has 0 heterocycles. The highest BCUT2D eigenvalue weighted by Gasteiger charge is 2.33. The first-order chi connectivity index (χ1) is 17.5. The summed E-state index contributed by atoms with van der Waals surface area (Å²) in [7, 11) is 0. The third kappa shape index (κ3) is 11.8. The fourth-order valence-electron chi connectivity index (χ4n) is 4.34. The van der Waals surface area contributed by atoms with Crippen LogP contribution in [0.25, 0.3) is 0 Å². The number of carbonyl (C=O) groups excluding carboxylic acids is 4. The maximum absolute atomic E-state index is 13.3. The number of amides is 4. The second kappa shape index (κ2) is 16.7. The van der Waals surface area contributed by atoms with Crippen molar-refractivity contribution in [1.29, 1.82) is 0 Å². The first-order valence-electron chi connectivity index (χ1n) is 13.1. The van der Waals surface area contributed by atoms with Crippen LogP contribution in [0.1, 0.15) is 71.6 Å². The van der Waals surface area contributed by atoms with Crippen LogP contribution < -0.4 is 38.9 Å². The van der Waals surface area contributed by atoms with Gasteiger partial charge in [-0.25, -0.2) is 0 Å². The molecule has 37 heavy (non-hydrogen) atoms. The summed E-state index contributed by atoms with van der Waals surface area (Å²) in [5, 5.41) is 17.3. The van der Waals surface area contributed by atoms with Gasteiger partial charge in [0.2, 0.25) is 23.6 Å². The number of primary amides is 1. The summed E-state index contributed by atoms with van der Waals surface area (Å²) in [5.41, 5.74) is 21.8. The van der Waals surface area contributed by atoms with Gasteiger partial charge < -0.3 is 44.0 Å². The lowest BCUT2D eigenvalue weighted by Crippen LogP contribution is -2.59. The van der Waals surface area contributed by atoms with E-state index in [9.17, 15) is 24.3 Å². The van der Waals surface area contributed by atoms with Crippen LogP contribution >= 0.6 is 0 Å². The van der Waals surface area contributed by atoms with E-state index in [1.165, 1.54) is 0 Å². The minimum atomic E-state index is -1.26. The number of guanidine groups is 1. The van der Waals surface area contributed by atoms with Crippen molar-refractivity contribution in [3.8, 4) is 0 Å². The zero-order chi connectivity index (χ0) is 28.0. The highest BCUT2D eigenvalue weighted by molar-refractivity contribution is 5.94. The van der Waals surface area contributed by atoms with Gasteiger partial charge in [0.05, 0.1) is 12.6 Å². The number of nitrogens with one attached hydrogen (secondary N) is 3. The number of aliphatic hydroxyl groups is 1. The van der Waals surface area contributed by atoms with Crippen molar-refractivity contribution >= 4 is 29.6 Å². The van der Waals surface area contributed by atoms with Crippen molar-refractivity contribution in [1.82, 2.24) is 16.0 Å². The van der Waals surface area contributed by atoms with Crippen molar-refractivity contribution in [2.45, 2.75) is 95.8 Å². The van der Waals surface area contributed by atoms with Gasteiger partial charge in [0.1, 0.15) is 18.1 Å². The van der Waals surface area contributed by atoms with E-state index in [0.717, 1.165) is 32.1 Å². The topological polar surface area (TPSA) is 241 Å². The molecule has 1 fully saturated rings. The molecule has 212 valence electrons. The van der Waals surface area contributed by atoms with Gasteiger partial charge in [-0.3, -0.25) is 24.2 Å². The van der Waals surface area contributed by atoms with Crippen molar-refractivity contribution in [2.24, 2.45) is 39.8 Å². The van der Waals surface area contributed by atoms with Gasteiger partial charge in [-0.1, -0.05) is 52.4 Å². The lowest BCUT2D eigenvalue weighted by molar-refractivity contribution is -0.135. The summed E-state index contributed by atoms with van der Waals surface area (Å²) in [6.45, 7) is 3.38. The zero-order valence-corrected chi connectivity index (χ0v) is 22.1.